The van der Waals surface area contributed by atoms with Crippen LogP contribution in [-0.4, -0.2) is 46.6 Å². The zero-order chi connectivity index (χ0) is 13.3. The summed E-state index contributed by atoms with van der Waals surface area (Å²) in [5, 5.41) is 12.6. The van der Waals surface area contributed by atoms with Gasteiger partial charge in [0.2, 0.25) is 5.91 Å². The average molecular weight is 254 g/mol. The lowest BCUT2D eigenvalue weighted by molar-refractivity contribution is -0.162. The van der Waals surface area contributed by atoms with Gasteiger partial charge in [0.15, 0.2) is 0 Å². The highest BCUT2D eigenvalue weighted by molar-refractivity contribution is 5.90. The molecular weight excluding hydrogens is 232 g/mol. The predicted octanol–water partition coefficient (Wildman–Crippen LogP) is 0.840. The van der Waals surface area contributed by atoms with Gasteiger partial charge in [-0.3, -0.25) is 4.79 Å². The van der Waals surface area contributed by atoms with Crippen LogP contribution < -0.4 is 5.32 Å². The maximum Gasteiger partial charge on any atom is 0.329 e. The molecule has 18 heavy (non-hydrogen) atoms. The van der Waals surface area contributed by atoms with Gasteiger partial charge < -0.3 is 15.3 Å². The van der Waals surface area contributed by atoms with E-state index in [4.69, 9.17) is 0 Å². The third-order valence-corrected chi connectivity index (χ3v) is 4.42. The quantitative estimate of drug-likeness (QED) is 0.766. The first-order valence-electron chi connectivity index (χ1n) is 6.75. The number of piperidine rings is 1. The molecule has 2 fully saturated rings. The van der Waals surface area contributed by atoms with E-state index in [0.717, 1.165) is 25.8 Å². The third kappa shape index (κ3) is 2.11. The highest BCUT2D eigenvalue weighted by Crippen LogP contribution is 2.30. The van der Waals surface area contributed by atoms with Gasteiger partial charge in [0.05, 0.1) is 6.04 Å². The van der Waals surface area contributed by atoms with Crippen LogP contribution in [0.1, 0.15) is 39.5 Å². The summed E-state index contributed by atoms with van der Waals surface area (Å²) in [5.74, 6) is -0.636. The predicted molar refractivity (Wildman–Crippen MR) is 67.2 cm³/mol. The van der Waals surface area contributed by atoms with Gasteiger partial charge in [-0.25, -0.2) is 4.79 Å². The third-order valence-electron chi connectivity index (χ3n) is 4.42. The zero-order valence-electron chi connectivity index (χ0n) is 11.1. The standard InChI is InChI=1S/C13H22N2O3/c1-9-5-7-14-10(9)11(16)15-8-4-3-6-13(15,2)12(17)18/h9-10,14H,3-8H2,1-2H3,(H,17,18). The summed E-state index contributed by atoms with van der Waals surface area (Å²) in [6.45, 7) is 5.12. The Kier molecular flexibility index (Phi) is 3.61. The van der Waals surface area contributed by atoms with Gasteiger partial charge in [-0.15, -0.1) is 0 Å². The van der Waals surface area contributed by atoms with E-state index < -0.39 is 11.5 Å². The van der Waals surface area contributed by atoms with Gasteiger partial charge >= 0.3 is 5.97 Å². The van der Waals surface area contributed by atoms with E-state index in [9.17, 15) is 14.7 Å². The second-order valence-corrected chi connectivity index (χ2v) is 5.72. The number of likely N-dealkylation sites (tertiary alicyclic amines) is 1. The van der Waals surface area contributed by atoms with E-state index in [-0.39, 0.29) is 17.9 Å². The molecular formula is C13H22N2O3. The molecule has 2 N–H and O–H groups in total. The van der Waals surface area contributed by atoms with Crippen LogP contribution in [0.5, 0.6) is 0 Å². The van der Waals surface area contributed by atoms with Crippen LogP contribution in [0.4, 0.5) is 0 Å². The minimum Gasteiger partial charge on any atom is -0.480 e. The van der Waals surface area contributed by atoms with Gasteiger partial charge in [0, 0.05) is 6.54 Å². The van der Waals surface area contributed by atoms with Crippen LogP contribution in [0.15, 0.2) is 0 Å². The Balaban J connectivity index is 2.18. The molecule has 2 heterocycles. The first-order chi connectivity index (χ1) is 8.47. The lowest BCUT2D eigenvalue weighted by Crippen LogP contribution is -2.61. The fourth-order valence-corrected chi connectivity index (χ4v) is 3.03. The van der Waals surface area contributed by atoms with Crippen molar-refractivity contribution in [1.82, 2.24) is 10.2 Å². The Labute approximate surface area is 108 Å². The van der Waals surface area contributed by atoms with Crippen LogP contribution in [0.3, 0.4) is 0 Å². The number of carboxylic acid groups (broad SMARTS) is 1. The van der Waals surface area contributed by atoms with Crippen molar-refractivity contribution in [3.63, 3.8) is 0 Å². The molecule has 2 rings (SSSR count). The second kappa shape index (κ2) is 4.88. The summed E-state index contributed by atoms with van der Waals surface area (Å²) in [5.41, 5.74) is -1.03. The molecule has 1 amide bonds. The maximum atomic E-state index is 12.5. The second-order valence-electron chi connectivity index (χ2n) is 5.72. The van der Waals surface area contributed by atoms with Crippen molar-refractivity contribution >= 4 is 11.9 Å². The minimum atomic E-state index is -1.03. The van der Waals surface area contributed by atoms with Gasteiger partial charge in [0.25, 0.3) is 0 Å². The van der Waals surface area contributed by atoms with Crippen molar-refractivity contribution in [2.24, 2.45) is 5.92 Å². The van der Waals surface area contributed by atoms with E-state index in [1.54, 1.807) is 11.8 Å². The lowest BCUT2D eigenvalue weighted by atomic mass is 9.87. The smallest absolute Gasteiger partial charge is 0.329 e. The first-order valence-corrected chi connectivity index (χ1v) is 6.75. The summed E-state index contributed by atoms with van der Waals surface area (Å²) >= 11 is 0. The molecule has 5 heteroatoms. The molecule has 2 aliphatic heterocycles. The molecule has 5 nitrogen and oxygen atoms in total. The fraction of sp³-hybridized carbons (Fsp3) is 0.846. The number of nitrogens with zero attached hydrogens (tertiary/aromatic N) is 1. The molecule has 2 saturated heterocycles. The molecule has 0 radical (unpaired) electrons. The molecule has 0 aromatic carbocycles. The van der Waals surface area contributed by atoms with Crippen molar-refractivity contribution in [3.05, 3.63) is 0 Å². The number of hydrogen-bond donors (Lipinski definition) is 2. The first kappa shape index (κ1) is 13.3. The van der Waals surface area contributed by atoms with E-state index >= 15 is 0 Å². The average Bonchev–Trinajstić information content (AvgIpc) is 2.75. The number of carbonyl (C=O) groups excluding carboxylic acids is 1. The van der Waals surface area contributed by atoms with Crippen molar-refractivity contribution in [2.45, 2.75) is 51.1 Å². The van der Waals surface area contributed by atoms with Crippen molar-refractivity contribution in [2.75, 3.05) is 13.1 Å². The maximum absolute atomic E-state index is 12.5. The van der Waals surface area contributed by atoms with Crippen LogP contribution in [0.2, 0.25) is 0 Å². The molecule has 3 unspecified atom stereocenters. The summed E-state index contributed by atoms with van der Waals surface area (Å²) in [6.07, 6.45) is 3.30. The van der Waals surface area contributed by atoms with E-state index in [1.807, 2.05) is 6.92 Å². The highest BCUT2D eigenvalue weighted by atomic mass is 16.4. The summed E-state index contributed by atoms with van der Waals surface area (Å²) in [6, 6.07) is -0.207. The summed E-state index contributed by atoms with van der Waals surface area (Å²) in [7, 11) is 0. The van der Waals surface area contributed by atoms with E-state index in [0.29, 0.717) is 13.0 Å². The topological polar surface area (TPSA) is 69.6 Å². The Morgan fingerprint density at radius 1 is 1.39 bits per heavy atom. The van der Waals surface area contributed by atoms with Crippen LogP contribution in [0.25, 0.3) is 0 Å². The molecule has 0 spiro atoms. The summed E-state index contributed by atoms with van der Waals surface area (Å²) < 4.78 is 0. The number of aliphatic carboxylic acids is 1. The number of rotatable bonds is 2. The molecule has 0 aromatic rings. The normalized spacial score (nSPS) is 36.7. The fourth-order valence-electron chi connectivity index (χ4n) is 3.03. The van der Waals surface area contributed by atoms with Crippen molar-refractivity contribution in [1.29, 1.82) is 0 Å². The number of carboxylic acids is 1. The van der Waals surface area contributed by atoms with Gasteiger partial charge in [-0.2, -0.15) is 0 Å². The summed E-state index contributed by atoms with van der Waals surface area (Å²) in [4.78, 5) is 25.6. The highest BCUT2D eigenvalue weighted by Gasteiger charge is 2.46. The Hall–Kier alpha value is -1.10. The largest absolute Gasteiger partial charge is 0.480 e. The molecule has 3 atom stereocenters. The Morgan fingerprint density at radius 2 is 2.11 bits per heavy atom. The Bertz CT molecular complexity index is 358. The van der Waals surface area contributed by atoms with Crippen LogP contribution in [0, 0.1) is 5.92 Å². The Morgan fingerprint density at radius 3 is 2.67 bits per heavy atom. The molecule has 102 valence electrons. The van der Waals surface area contributed by atoms with Crippen molar-refractivity contribution in [3.8, 4) is 0 Å². The molecule has 0 bridgehead atoms. The molecule has 0 aromatic heterocycles. The van der Waals surface area contributed by atoms with E-state index in [1.165, 1.54) is 0 Å². The molecule has 2 aliphatic rings. The minimum absolute atomic E-state index is 0.0374. The van der Waals surface area contributed by atoms with Gasteiger partial charge in [-0.1, -0.05) is 6.92 Å². The van der Waals surface area contributed by atoms with Crippen LogP contribution in [-0.2, 0) is 9.59 Å². The monoisotopic (exact) mass is 254 g/mol. The van der Waals surface area contributed by atoms with Crippen molar-refractivity contribution < 1.29 is 14.7 Å². The molecule has 0 aliphatic carbocycles. The number of nitrogens with one attached hydrogen (secondary N) is 1. The molecule has 0 saturated carbocycles. The zero-order valence-corrected chi connectivity index (χ0v) is 11.1. The number of amides is 1. The SMILES string of the molecule is CC1CCNC1C(=O)N1CCCCC1(C)C(=O)O. The van der Waals surface area contributed by atoms with Crippen LogP contribution >= 0.6 is 0 Å². The van der Waals surface area contributed by atoms with E-state index in [2.05, 4.69) is 5.32 Å². The van der Waals surface area contributed by atoms with Gasteiger partial charge in [0.1, 0.15) is 5.54 Å². The number of carbonyl (C=O) groups is 2. The van der Waals surface area contributed by atoms with Gasteiger partial charge in [-0.05, 0) is 45.1 Å². The lowest BCUT2D eigenvalue weighted by Gasteiger charge is -2.43. The number of hydrogen-bond acceptors (Lipinski definition) is 3.